The van der Waals surface area contributed by atoms with E-state index in [-0.39, 0.29) is 34.2 Å². The summed E-state index contributed by atoms with van der Waals surface area (Å²) in [4.78, 5) is 20.2. The Hall–Kier alpha value is -3.17. The maximum atomic E-state index is 13.4. The molecule has 3 aromatic rings. The first kappa shape index (κ1) is 21.1. The zero-order valence-electron chi connectivity index (χ0n) is 17.1. The molecule has 1 saturated heterocycles. The van der Waals surface area contributed by atoms with E-state index in [9.17, 15) is 13.2 Å². The summed E-state index contributed by atoms with van der Waals surface area (Å²) < 4.78 is 37.7. The molecule has 0 bridgehead atoms. The molecule has 31 heavy (non-hydrogen) atoms. The molecule has 162 valence electrons. The second kappa shape index (κ2) is 8.91. The zero-order valence-corrected chi connectivity index (χ0v) is 17.9. The fraction of sp³-hybridized carbons (Fsp3) is 0.273. The molecule has 2 heterocycles. The van der Waals surface area contributed by atoms with Crippen LogP contribution in [0.2, 0.25) is 0 Å². The van der Waals surface area contributed by atoms with Crippen LogP contribution in [0.1, 0.15) is 0 Å². The minimum atomic E-state index is -3.89. The lowest BCUT2D eigenvalue weighted by atomic mass is 10.2. The molecule has 1 fully saturated rings. The Morgan fingerprint density at radius 2 is 1.61 bits per heavy atom. The highest BCUT2D eigenvalue weighted by Crippen LogP contribution is 2.35. The summed E-state index contributed by atoms with van der Waals surface area (Å²) in [5, 5.41) is -0.116. The van der Waals surface area contributed by atoms with Gasteiger partial charge < -0.3 is 19.0 Å². The van der Waals surface area contributed by atoms with Gasteiger partial charge in [-0.2, -0.15) is 4.98 Å². The summed E-state index contributed by atoms with van der Waals surface area (Å²) >= 11 is 0. The van der Waals surface area contributed by atoms with E-state index in [1.54, 1.807) is 23.1 Å². The maximum Gasteiger partial charge on any atom is 0.248 e. The molecule has 9 heteroatoms. The third kappa shape index (κ3) is 4.33. The van der Waals surface area contributed by atoms with E-state index < -0.39 is 9.84 Å². The zero-order chi connectivity index (χ0) is 21.8. The van der Waals surface area contributed by atoms with Gasteiger partial charge in [0, 0.05) is 38.9 Å². The lowest BCUT2D eigenvalue weighted by Crippen LogP contribution is -2.49. The maximum absolute atomic E-state index is 13.4. The SMILES string of the molecule is COCC(=O)N1CCN(c2oc(-c3ccccc3)nc2S(=O)(=O)c2ccccc2)CC1. The molecular weight excluding hydrogens is 418 g/mol. The molecule has 0 saturated carbocycles. The van der Waals surface area contributed by atoms with E-state index >= 15 is 0 Å². The molecule has 1 aliphatic heterocycles. The van der Waals surface area contributed by atoms with Crippen molar-refractivity contribution in [1.29, 1.82) is 0 Å². The van der Waals surface area contributed by atoms with Crippen molar-refractivity contribution in [3.8, 4) is 11.5 Å². The molecule has 2 aromatic carbocycles. The quantitative estimate of drug-likeness (QED) is 0.580. The van der Waals surface area contributed by atoms with Gasteiger partial charge in [0.05, 0.1) is 4.90 Å². The number of piperazine rings is 1. The number of amides is 1. The fourth-order valence-electron chi connectivity index (χ4n) is 3.46. The summed E-state index contributed by atoms with van der Waals surface area (Å²) in [6.07, 6.45) is 0. The summed E-state index contributed by atoms with van der Waals surface area (Å²) in [6, 6.07) is 17.4. The number of carbonyl (C=O) groups is 1. The molecule has 8 nitrogen and oxygen atoms in total. The number of ether oxygens (including phenoxy) is 1. The van der Waals surface area contributed by atoms with Crippen LogP contribution in [-0.4, -0.2) is 64.1 Å². The van der Waals surface area contributed by atoms with Crippen LogP contribution < -0.4 is 4.90 Å². The lowest BCUT2D eigenvalue weighted by molar-refractivity contribution is -0.135. The van der Waals surface area contributed by atoms with Crippen LogP contribution in [0.25, 0.3) is 11.5 Å². The van der Waals surface area contributed by atoms with Crippen LogP contribution in [0.15, 0.2) is 75.0 Å². The van der Waals surface area contributed by atoms with Crippen LogP contribution in [0, 0.1) is 0 Å². The first-order valence-corrected chi connectivity index (χ1v) is 11.4. The van der Waals surface area contributed by atoms with Crippen LogP contribution in [0.4, 0.5) is 5.88 Å². The van der Waals surface area contributed by atoms with E-state index in [0.717, 1.165) is 0 Å². The number of hydrogen-bond acceptors (Lipinski definition) is 7. The molecule has 0 atom stereocenters. The molecule has 1 amide bonds. The molecule has 0 aliphatic carbocycles. The van der Waals surface area contributed by atoms with E-state index in [1.165, 1.54) is 19.2 Å². The molecule has 1 aromatic heterocycles. The van der Waals surface area contributed by atoms with Crippen molar-refractivity contribution < 1.29 is 22.4 Å². The highest BCUT2D eigenvalue weighted by atomic mass is 32.2. The monoisotopic (exact) mass is 441 g/mol. The second-order valence-corrected chi connectivity index (χ2v) is 8.98. The van der Waals surface area contributed by atoms with Crippen molar-refractivity contribution in [2.45, 2.75) is 9.92 Å². The molecule has 0 N–H and O–H groups in total. The number of rotatable bonds is 6. The van der Waals surface area contributed by atoms with Gasteiger partial charge in [0.25, 0.3) is 0 Å². The summed E-state index contributed by atoms with van der Waals surface area (Å²) in [5.74, 6) is 0.339. The number of oxazole rings is 1. The third-order valence-electron chi connectivity index (χ3n) is 5.10. The summed E-state index contributed by atoms with van der Waals surface area (Å²) in [5.41, 5.74) is 0.687. The second-order valence-electron chi connectivity index (χ2n) is 7.11. The van der Waals surface area contributed by atoms with Gasteiger partial charge in [0.1, 0.15) is 6.61 Å². The van der Waals surface area contributed by atoms with Crippen LogP contribution in [0.5, 0.6) is 0 Å². The van der Waals surface area contributed by atoms with E-state index in [2.05, 4.69) is 4.98 Å². The Morgan fingerprint density at radius 1 is 1.00 bits per heavy atom. The Kier molecular flexibility index (Phi) is 6.06. The number of carbonyl (C=O) groups excluding carboxylic acids is 1. The van der Waals surface area contributed by atoms with Crippen molar-refractivity contribution in [1.82, 2.24) is 9.88 Å². The van der Waals surface area contributed by atoms with Gasteiger partial charge in [0.15, 0.2) is 0 Å². The Bertz CT molecular complexity index is 1140. The number of anilines is 1. The lowest BCUT2D eigenvalue weighted by Gasteiger charge is -2.34. The largest absolute Gasteiger partial charge is 0.419 e. The van der Waals surface area contributed by atoms with Gasteiger partial charge in [0.2, 0.25) is 32.5 Å². The third-order valence-corrected chi connectivity index (χ3v) is 6.76. The number of methoxy groups -OCH3 is 1. The predicted molar refractivity (Wildman–Crippen MR) is 115 cm³/mol. The molecule has 0 unspecified atom stereocenters. The molecule has 1 aliphatic rings. The van der Waals surface area contributed by atoms with Crippen molar-refractivity contribution in [2.24, 2.45) is 0 Å². The van der Waals surface area contributed by atoms with Gasteiger partial charge in [-0.1, -0.05) is 36.4 Å². The van der Waals surface area contributed by atoms with Crippen LogP contribution >= 0.6 is 0 Å². The highest BCUT2D eigenvalue weighted by Gasteiger charge is 2.33. The van der Waals surface area contributed by atoms with Crippen molar-refractivity contribution in [3.63, 3.8) is 0 Å². The minimum absolute atomic E-state index is 0.0219. The van der Waals surface area contributed by atoms with E-state index in [1.807, 2.05) is 35.2 Å². The Morgan fingerprint density at radius 3 is 2.23 bits per heavy atom. The van der Waals surface area contributed by atoms with Crippen molar-refractivity contribution in [2.75, 3.05) is 44.8 Å². The van der Waals surface area contributed by atoms with Gasteiger partial charge in [-0.25, -0.2) is 8.42 Å². The molecular formula is C22H23N3O5S. The van der Waals surface area contributed by atoms with Gasteiger partial charge in [-0.05, 0) is 24.3 Å². The fourth-order valence-corrected chi connectivity index (χ4v) is 4.80. The molecule has 0 radical (unpaired) electrons. The minimum Gasteiger partial charge on any atom is -0.419 e. The average Bonchev–Trinajstić information content (AvgIpc) is 3.27. The Balaban J connectivity index is 1.70. The van der Waals surface area contributed by atoms with Crippen LogP contribution in [0.3, 0.4) is 0 Å². The topological polar surface area (TPSA) is 92.9 Å². The van der Waals surface area contributed by atoms with Crippen LogP contribution in [-0.2, 0) is 19.4 Å². The van der Waals surface area contributed by atoms with Crippen molar-refractivity contribution in [3.05, 3.63) is 60.7 Å². The summed E-state index contributed by atoms with van der Waals surface area (Å²) in [7, 11) is -2.41. The standard InChI is InChI=1S/C22H23N3O5S/c1-29-16-19(26)24-12-14-25(15-13-24)22-21(31(27,28)18-10-6-3-7-11-18)23-20(30-22)17-8-4-2-5-9-17/h2-11H,12-16H2,1H3. The van der Waals surface area contributed by atoms with Crippen molar-refractivity contribution >= 4 is 21.6 Å². The van der Waals surface area contributed by atoms with E-state index in [4.69, 9.17) is 9.15 Å². The Labute approximate surface area is 181 Å². The van der Waals surface area contributed by atoms with Gasteiger partial charge in [-0.15, -0.1) is 0 Å². The van der Waals surface area contributed by atoms with E-state index in [0.29, 0.717) is 31.7 Å². The first-order valence-electron chi connectivity index (χ1n) is 9.89. The van der Waals surface area contributed by atoms with Gasteiger partial charge >= 0.3 is 0 Å². The number of benzene rings is 2. The number of aromatic nitrogens is 1. The smallest absolute Gasteiger partial charge is 0.248 e. The average molecular weight is 442 g/mol. The predicted octanol–water partition coefficient (Wildman–Crippen LogP) is 2.47. The summed E-state index contributed by atoms with van der Waals surface area (Å²) in [6.45, 7) is 1.75. The highest BCUT2D eigenvalue weighted by molar-refractivity contribution is 7.91. The number of sulfone groups is 1. The first-order chi connectivity index (χ1) is 15.0. The number of nitrogens with zero attached hydrogens (tertiary/aromatic N) is 3. The molecule has 4 rings (SSSR count). The normalized spacial score (nSPS) is 14.6. The number of hydrogen-bond donors (Lipinski definition) is 0. The van der Waals surface area contributed by atoms with Gasteiger partial charge in [-0.3, -0.25) is 4.79 Å². The molecule has 0 spiro atoms.